The average molecular weight is 254 g/mol. The molecule has 1 heterocycles. The first-order valence-electron chi connectivity index (χ1n) is 5.72. The summed E-state index contributed by atoms with van der Waals surface area (Å²) < 4.78 is 6.11. The van der Waals surface area contributed by atoms with E-state index in [0.29, 0.717) is 18.8 Å². The third-order valence-electron chi connectivity index (χ3n) is 2.53. The highest BCUT2D eigenvalue weighted by Crippen LogP contribution is 2.12. The lowest BCUT2D eigenvalue weighted by Crippen LogP contribution is -2.36. The van der Waals surface area contributed by atoms with Gasteiger partial charge < -0.3 is 15.4 Å². The normalized spacial score (nSPS) is 10.2. The van der Waals surface area contributed by atoms with Crippen molar-refractivity contribution in [1.82, 2.24) is 14.7 Å². The number of aromatic nitrogens is 2. The fraction of sp³-hybridized carbons (Fsp3) is 0.545. The van der Waals surface area contributed by atoms with Crippen molar-refractivity contribution in [2.45, 2.75) is 20.4 Å². The molecule has 0 aliphatic rings. The van der Waals surface area contributed by atoms with Crippen molar-refractivity contribution < 1.29 is 14.3 Å². The quantitative estimate of drug-likeness (QED) is 0.754. The zero-order chi connectivity index (χ0) is 13.7. The molecule has 7 heteroatoms. The maximum atomic E-state index is 12.1. The summed E-state index contributed by atoms with van der Waals surface area (Å²) in [7, 11) is 1.28. The molecule has 100 valence electrons. The molecule has 1 aromatic rings. The van der Waals surface area contributed by atoms with E-state index >= 15 is 0 Å². The summed E-state index contributed by atoms with van der Waals surface area (Å²) in [5, 5.41) is 4.08. The van der Waals surface area contributed by atoms with E-state index < -0.39 is 5.97 Å². The molecule has 0 unspecified atom stereocenters. The van der Waals surface area contributed by atoms with Crippen LogP contribution in [0.25, 0.3) is 0 Å². The molecule has 1 amide bonds. The van der Waals surface area contributed by atoms with Gasteiger partial charge in [0.1, 0.15) is 6.54 Å². The van der Waals surface area contributed by atoms with E-state index in [-0.39, 0.29) is 18.1 Å². The molecular formula is C11H18N4O3. The Bertz CT molecular complexity index is 441. The molecular weight excluding hydrogens is 236 g/mol. The first-order valence-corrected chi connectivity index (χ1v) is 5.72. The first-order chi connectivity index (χ1) is 8.53. The molecule has 1 rings (SSSR count). The van der Waals surface area contributed by atoms with Crippen LogP contribution in [-0.4, -0.2) is 46.8 Å². The number of ether oxygens (including phenoxy) is 1. The first kappa shape index (κ1) is 14.0. The van der Waals surface area contributed by atoms with Gasteiger partial charge >= 0.3 is 5.97 Å². The van der Waals surface area contributed by atoms with Crippen LogP contribution in [0.4, 0.5) is 5.69 Å². The molecule has 0 bridgehead atoms. The van der Waals surface area contributed by atoms with E-state index in [2.05, 4.69) is 9.84 Å². The number of carbonyl (C=O) groups excluding carboxylic acids is 2. The van der Waals surface area contributed by atoms with E-state index in [4.69, 9.17) is 5.73 Å². The number of nitrogens with two attached hydrogens (primary N) is 1. The molecule has 0 saturated carbocycles. The van der Waals surface area contributed by atoms with Crippen molar-refractivity contribution in [3.05, 3.63) is 11.9 Å². The van der Waals surface area contributed by atoms with Crippen LogP contribution in [0.2, 0.25) is 0 Å². The van der Waals surface area contributed by atoms with Crippen LogP contribution in [-0.2, 0) is 16.1 Å². The minimum atomic E-state index is -0.473. The van der Waals surface area contributed by atoms with Crippen LogP contribution in [0.3, 0.4) is 0 Å². The minimum absolute atomic E-state index is 0.107. The van der Waals surface area contributed by atoms with Gasteiger partial charge in [-0.25, -0.2) is 0 Å². The van der Waals surface area contributed by atoms with Gasteiger partial charge in [0, 0.05) is 19.3 Å². The number of hydrogen-bond donors (Lipinski definition) is 1. The Morgan fingerprint density at radius 1 is 1.50 bits per heavy atom. The van der Waals surface area contributed by atoms with Crippen LogP contribution >= 0.6 is 0 Å². The van der Waals surface area contributed by atoms with Crippen molar-refractivity contribution in [2.24, 2.45) is 0 Å². The lowest BCUT2D eigenvalue weighted by molar-refractivity contribution is -0.141. The van der Waals surface area contributed by atoms with E-state index in [0.717, 1.165) is 0 Å². The highest BCUT2D eigenvalue weighted by Gasteiger charge is 2.22. The number of nitrogens with zero attached hydrogens (tertiary/aromatic N) is 3. The van der Waals surface area contributed by atoms with Crippen molar-refractivity contribution in [2.75, 3.05) is 25.9 Å². The van der Waals surface area contributed by atoms with Crippen LogP contribution < -0.4 is 5.73 Å². The Morgan fingerprint density at radius 3 is 2.61 bits per heavy atom. The number of likely N-dealkylation sites (N-methyl/N-ethyl adjacent to an activating group) is 1. The van der Waals surface area contributed by atoms with Gasteiger partial charge in [0.15, 0.2) is 5.69 Å². The topological polar surface area (TPSA) is 90.5 Å². The molecule has 1 aromatic heterocycles. The van der Waals surface area contributed by atoms with Gasteiger partial charge in [-0.3, -0.25) is 14.3 Å². The van der Waals surface area contributed by atoms with Crippen molar-refractivity contribution in [3.63, 3.8) is 0 Å². The Morgan fingerprint density at radius 2 is 2.17 bits per heavy atom. The Balaban J connectivity index is 2.89. The second kappa shape index (κ2) is 6.04. The number of amides is 1. The number of carbonyl (C=O) groups is 2. The van der Waals surface area contributed by atoms with Crippen LogP contribution in [0, 0.1) is 0 Å². The molecule has 0 saturated heterocycles. The molecule has 2 N–H and O–H groups in total. The highest BCUT2D eigenvalue weighted by atomic mass is 16.5. The number of esters is 1. The van der Waals surface area contributed by atoms with Gasteiger partial charge in [0.05, 0.1) is 12.8 Å². The summed E-state index contributed by atoms with van der Waals surface area (Å²) in [5.74, 6) is -0.841. The zero-order valence-corrected chi connectivity index (χ0v) is 10.8. The lowest BCUT2D eigenvalue weighted by Gasteiger charge is -2.18. The molecule has 0 aliphatic heterocycles. The summed E-state index contributed by atoms with van der Waals surface area (Å²) in [5.41, 5.74) is 6.21. The van der Waals surface area contributed by atoms with E-state index in [1.54, 1.807) is 17.8 Å². The maximum Gasteiger partial charge on any atom is 0.325 e. The molecule has 0 atom stereocenters. The Hall–Kier alpha value is -2.05. The van der Waals surface area contributed by atoms with Gasteiger partial charge in [-0.15, -0.1) is 0 Å². The molecule has 0 radical (unpaired) electrons. The van der Waals surface area contributed by atoms with Crippen LogP contribution in [0.5, 0.6) is 0 Å². The Labute approximate surface area is 105 Å². The second-order valence-electron chi connectivity index (χ2n) is 3.68. The molecule has 7 nitrogen and oxygen atoms in total. The predicted molar refractivity (Wildman–Crippen MR) is 65.9 cm³/mol. The standard InChI is InChI=1S/C11H18N4O3/c1-4-14(7-9(16)18-3)11(17)10-8(12)6-15(5-2)13-10/h6H,4-5,7,12H2,1-3H3. The predicted octanol–water partition coefficient (Wildman–Crippen LogP) is 0.120. The number of methoxy groups -OCH3 is 1. The fourth-order valence-corrected chi connectivity index (χ4v) is 1.46. The van der Waals surface area contributed by atoms with Gasteiger partial charge in [-0.2, -0.15) is 5.10 Å². The maximum absolute atomic E-state index is 12.1. The lowest BCUT2D eigenvalue weighted by atomic mass is 10.3. The number of nitrogen functional groups attached to an aromatic ring is 1. The third kappa shape index (κ3) is 2.99. The summed E-state index contributed by atoms with van der Waals surface area (Å²) in [6.45, 7) is 4.57. The molecule has 0 aliphatic carbocycles. The largest absolute Gasteiger partial charge is 0.468 e. The van der Waals surface area contributed by atoms with Crippen molar-refractivity contribution in [1.29, 1.82) is 0 Å². The molecule has 0 fully saturated rings. The van der Waals surface area contributed by atoms with Gasteiger partial charge in [-0.05, 0) is 13.8 Å². The summed E-state index contributed by atoms with van der Waals surface area (Å²) >= 11 is 0. The van der Waals surface area contributed by atoms with Crippen LogP contribution in [0.1, 0.15) is 24.3 Å². The summed E-state index contributed by atoms with van der Waals surface area (Å²) in [4.78, 5) is 24.7. The van der Waals surface area contributed by atoms with E-state index in [9.17, 15) is 9.59 Å². The monoisotopic (exact) mass is 254 g/mol. The van der Waals surface area contributed by atoms with Gasteiger partial charge in [-0.1, -0.05) is 0 Å². The number of rotatable bonds is 5. The summed E-state index contributed by atoms with van der Waals surface area (Å²) in [6, 6.07) is 0. The number of hydrogen-bond acceptors (Lipinski definition) is 5. The number of aryl methyl sites for hydroxylation is 1. The fourth-order valence-electron chi connectivity index (χ4n) is 1.46. The van der Waals surface area contributed by atoms with Crippen molar-refractivity contribution in [3.8, 4) is 0 Å². The third-order valence-corrected chi connectivity index (χ3v) is 2.53. The Kier molecular flexibility index (Phi) is 4.70. The van der Waals surface area contributed by atoms with E-state index in [1.165, 1.54) is 12.0 Å². The van der Waals surface area contributed by atoms with E-state index in [1.807, 2.05) is 6.92 Å². The summed E-state index contributed by atoms with van der Waals surface area (Å²) in [6.07, 6.45) is 1.60. The zero-order valence-electron chi connectivity index (χ0n) is 10.8. The number of anilines is 1. The van der Waals surface area contributed by atoms with Gasteiger partial charge in [0.25, 0.3) is 5.91 Å². The minimum Gasteiger partial charge on any atom is -0.468 e. The average Bonchev–Trinajstić information content (AvgIpc) is 2.76. The SMILES string of the molecule is CCN(CC(=O)OC)C(=O)c1nn(CC)cc1N. The molecule has 0 spiro atoms. The molecule has 0 aromatic carbocycles. The van der Waals surface area contributed by atoms with Gasteiger partial charge in [0.2, 0.25) is 0 Å². The second-order valence-corrected chi connectivity index (χ2v) is 3.68. The molecule has 18 heavy (non-hydrogen) atoms. The smallest absolute Gasteiger partial charge is 0.325 e. The van der Waals surface area contributed by atoms with Crippen LogP contribution in [0.15, 0.2) is 6.20 Å². The van der Waals surface area contributed by atoms with Crippen molar-refractivity contribution >= 4 is 17.6 Å². The highest BCUT2D eigenvalue weighted by molar-refractivity contribution is 5.98.